The molecule has 21 heavy (non-hydrogen) atoms. The second kappa shape index (κ2) is 6.66. The van der Waals surface area contributed by atoms with Gasteiger partial charge >= 0.3 is 0 Å². The maximum absolute atomic E-state index is 12.1. The summed E-state index contributed by atoms with van der Waals surface area (Å²) in [5.74, 6) is 2.04. The van der Waals surface area contributed by atoms with Crippen LogP contribution in [0.4, 0.5) is 0 Å². The molecule has 2 aliphatic rings. The van der Waals surface area contributed by atoms with Crippen molar-refractivity contribution >= 4 is 5.91 Å². The molecule has 0 aromatic rings. The first-order chi connectivity index (χ1) is 9.85. The number of nitrogens with zero attached hydrogens (tertiary/aromatic N) is 1. The Morgan fingerprint density at radius 3 is 2.67 bits per heavy atom. The predicted molar refractivity (Wildman–Crippen MR) is 86.9 cm³/mol. The zero-order valence-electron chi connectivity index (χ0n) is 14.2. The fraction of sp³-hybridized carbons (Fsp3) is 0.941. The van der Waals surface area contributed by atoms with Gasteiger partial charge in [-0.3, -0.25) is 4.79 Å². The minimum atomic E-state index is -0.470. The maximum Gasteiger partial charge on any atom is 0.238 e. The Morgan fingerprint density at radius 1 is 1.48 bits per heavy atom. The van der Waals surface area contributed by atoms with E-state index < -0.39 is 5.54 Å². The van der Waals surface area contributed by atoms with Crippen LogP contribution < -0.4 is 11.1 Å². The summed E-state index contributed by atoms with van der Waals surface area (Å²) in [6, 6.07) is 0.295. The third-order valence-electron chi connectivity index (χ3n) is 5.49. The highest BCUT2D eigenvalue weighted by molar-refractivity contribution is 5.85. The molecule has 1 amide bonds. The molecule has 4 heteroatoms. The van der Waals surface area contributed by atoms with Gasteiger partial charge in [0, 0.05) is 12.6 Å². The highest BCUT2D eigenvalue weighted by atomic mass is 16.1. The molecule has 0 spiro atoms. The summed E-state index contributed by atoms with van der Waals surface area (Å²) in [4.78, 5) is 14.5. The highest BCUT2D eigenvalue weighted by Crippen LogP contribution is 2.40. The molecule has 2 rings (SSSR count). The van der Waals surface area contributed by atoms with Crippen LogP contribution >= 0.6 is 0 Å². The van der Waals surface area contributed by atoms with Crippen LogP contribution in [0.25, 0.3) is 0 Å². The van der Waals surface area contributed by atoms with Gasteiger partial charge in [-0.15, -0.1) is 0 Å². The first-order valence-electron chi connectivity index (χ1n) is 8.61. The summed E-state index contributed by atoms with van der Waals surface area (Å²) in [7, 11) is 2.21. The smallest absolute Gasteiger partial charge is 0.238 e. The molecule has 4 atom stereocenters. The Morgan fingerprint density at radius 2 is 2.14 bits per heavy atom. The molecule has 0 aromatic carbocycles. The van der Waals surface area contributed by atoms with E-state index >= 15 is 0 Å². The lowest BCUT2D eigenvalue weighted by atomic mass is 9.83. The molecule has 122 valence electrons. The molecule has 0 radical (unpaired) electrons. The average Bonchev–Trinajstić information content (AvgIpc) is 2.91. The number of hydrogen-bond acceptors (Lipinski definition) is 3. The highest BCUT2D eigenvalue weighted by Gasteiger charge is 2.47. The van der Waals surface area contributed by atoms with Gasteiger partial charge in [0.2, 0.25) is 5.91 Å². The standard InChI is InChI=1S/C17H33N3O/c1-12(2)19-17(16(18)21)8-5-6-15(17)7-9-20(4)11-14-10-13(14)3/h12-15,19H,5-11H2,1-4H3,(H2,18,21). The van der Waals surface area contributed by atoms with Gasteiger partial charge in [-0.1, -0.05) is 13.3 Å². The van der Waals surface area contributed by atoms with Gasteiger partial charge in [-0.25, -0.2) is 0 Å². The van der Waals surface area contributed by atoms with Crippen LogP contribution in [0.5, 0.6) is 0 Å². The molecule has 0 aliphatic heterocycles. The first kappa shape index (κ1) is 16.8. The molecular weight excluding hydrogens is 262 g/mol. The van der Waals surface area contributed by atoms with Crippen molar-refractivity contribution in [1.29, 1.82) is 0 Å². The topological polar surface area (TPSA) is 58.4 Å². The van der Waals surface area contributed by atoms with Crippen molar-refractivity contribution in [2.45, 2.75) is 64.5 Å². The molecule has 2 aliphatic carbocycles. The number of rotatable bonds is 8. The van der Waals surface area contributed by atoms with Crippen LogP contribution in [0, 0.1) is 17.8 Å². The van der Waals surface area contributed by atoms with E-state index in [-0.39, 0.29) is 5.91 Å². The van der Waals surface area contributed by atoms with Crippen LogP contribution in [0.15, 0.2) is 0 Å². The molecular formula is C17H33N3O. The van der Waals surface area contributed by atoms with Gasteiger partial charge in [0.25, 0.3) is 0 Å². The van der Waals surface area contributed by atoms with Crippen molar-refractivity contribution in [2.24, 2.45) is 23.5 Å². The fourth-order valence-corrected chi connectivity index (χ4v) is 4.09. The molecule has 0 heterocycles. The van der Waals surface area contributed by atoms with Crippen molar-refractivity contribution in [1.82, 2.24) is 10.2 Å². The lowest BCUT2D eigenvalue weighted by Gasteiger charge is -2.36. The second-order valence-electron chi connectivity index (χ2n) is 7.75. The van der Waals surface area contributed by atoms with Gasteiger partial charge in [0.1, 0.15) is 5.54 Å². The zero-order chi connectivity index (χ0) is 15.6. The Labute approximate surface area is 129 Å². The molecule has 0 aromatic heterocycles. The van der Waals surface area contributed by atoms with E-state index in [0.717, 1.165) is 44.1 Å². The lowest BCUT2D eigenvalue weighted by molar-refractivity contribution is -0.126. The van der Waals surface area contributed by atoms with Crippen molar-refractivity contribution in [3.63, 3.8) is 0 Å². The van der Waals surface area contributed by atoms with Crippen molar-refractivity contribution < 1.29 is 4.79 Å². The van der Waals surface area contributed by atoms with E-state index in [9.17, 15) is 4.79 Å². The summed E-state index contributed by atoms with van der Waals surface area (Å²) < 4.78 is 0. The van der Waals surface area contributed by atoms with Crippen LogP contribution in [-0.2, 0) is 4.79 Å². The summed E-state index contributed by atoms with van der Waals surface area (Å²) in [6.45, 7) is 8.80. The number of nitrogens with two attached hydrogens (primary N) is 1. The van der Waals surface area contributed by atoms with Crippen LogP contribution in [-0.4, -0.2) is 42.5 Å². The molecule has 4 nitrogen and oxygen atoms in total. The van der Waals surface area contributed by atoms with Gasteiger partial charge in [-0.05, 0) is 70.9 Å². The van der Waals surface area contributed by atoms with Crippen LogP contribution in [0.1, 0.15) is 52.9 Å². The summed E-state index contributed by atoms with van der Waals surface area (Å²) in [5.41, 5.74) is 5.30. The van der Waals surface area contributed by atoms with Crippen molar-refractivity contribution in [3.8, 4) is 0 Å². The number of nitrogens with one attached hydrogen (secondary N) is 1. The quantitative estimate of drug-likeness (QED) is 0.720. The Balaban J connectivity index is 1.88. The lowest BCUT2D eigenvalue weighted by Crippen LogP contribution is -2.60. The number of hydrogen-bond donors (Lipinski definition) is 2. The number of primary amides is 1. The van der Waals surface area contributed by atoms with Gasteiger partial charge in [-0.2, -0.15) is 0 Å². The molecule has 4 unspecified atom stereocenters. The monoisotopic (exact) mass is 295 g/mol. The van der Waals surface area contributed by atoms with E-state index in [1.165, 1.54) is 13.0 Å². The maximum atomic E-state index is 12.1. The van der Waals surface area contributed by atoms with E-state index in [0.29, 0.717) is 12.0 Å². The Kier molecular flexibility index (Phi) is 5.31. The van der Waals surface area contributed by atoms with Crippen LogP contribution in [0.3, 0.4) is 0 Å². The summed E-state index contributed by atoms with van der Waals surface area (Å²) in [5, 5.41) is 3.50. The van der Waals surface area contributed by atoms with E-state index in [4.69, 9.17) is 5.73 Å². The molecule has 2 fully saturated rings. The van der Waals surface area contributed by atoms with Gasteiger partial charge in [0.15, 0.2) is 0 Å². The van der Waals surface area contributed by atoms with Crippen LogP contribution in [0.2, 0.25) is 0 Å². The minimum Gasteiger partial charge on any atom is -0.368 e. The molecule has 2 saturated carbocycles. The fourth-order valence-electron chi connectivity index (χ4n) is 4.09. The van der Waals surface area contributed by atoms with E-state index in [1.54, 1.807) is 0 Å². The Hall–Kier alpha value is -0.610. The number of carbonyl (C=O) groups excluding carboxylic acids is 1. The molecule has 0 bridgehead atoms. The van der Waals surface area contributed by atoms with E-state index in [2.05, 4.69) is 38.0 Å². The number of carbonyl (C=O) groups is 1. The predicted octanol–water partition coefficient (Wildman–Crippen LogP) is 1.99. The number of amides is 1. The largest absolute Gasteiger partial charge is 0.368 e. The first-order valence-corrected chi connectivity index (χ1v) is 8.61. The van der Waals surface area contributed by atoms with E-state index in [1.807, 2.05) is 0 Å². The van der Waals surface area contributed by atoms with Crippen molar-refractivity contribution in [3.05, 3.63) is 0 Å². The Bertz CT molecular complexity index is 371. The van der Waals surface area contributed by atoms with Gasteiger partial charge < -0.3 is 16.0 Å². The third-order valence-corrected chi connectivity index (χ3v) is 5.49. The minimum absolute atomic E-state index is 0.155. The molecule has 0 saturated heterocycles. The molecule has 3 N–H and O–H groups in total. The van der Waals surface area contributed by atoms with Gasteiger partial charge in [0.05, 0.1) is 0 Å². The summed E-state index contributed by atoms with van der Waals surface area (Å²) in [6.07, 6.45) is 5.58. The third kappa shape index (κ3) is 3.98. The second-order valence-corrected chi connectivity index (χ2v) is 7.75. The average molecular weight is 295 g/mol. The SMILES string of the molecule is CC(C)NC1(C(N)=O)CCCC1CCN(C)CC1CC1C. The summed E-state index contributed by atoms with van der Waals surface area (Å²) >= 11 is 0. The van der Waals surface area contributed by atoms with Crippen molar-refractivity contribution in [2.75, 3.05) is 20.1 Å². The zero-order valence-corrected chi connectivity index (χ0v) is 14.2. The normalized spacial score (nSPS) is 35.6.